The number of hydrogen-bond acceptors (Lipinski definition) is 2. The van der Waals surface area contributed by atoms with Gasteiger partial charge in [-0.2, -0.15) is 13.2 Å². The van der Waals surface area contributed by atoms with Gasteiger partial charge in [0.1, 0.15) is 0 Å². The highest BCUT2D eigenvalue weighted by Crippen LogP contribution is 1.87. The Morgan fingerprint density at radius 2 is 1.14 bits per heavy atom. The van der Waals surface area contributed by atoms with Crippen molar-refractivity contribution in [2.24, 2.45) is 0 Å². The molecular weight excluding hydrogens is 139 g/mol. The third-order valence-electron chi connectivity index (χ3n) is 0. The molecule has 1 N–H and O–H groups in total. The van der Waals surface area contributed by atoms with Gasteiger partial charge in [-0.3, -0.25) is 0 Å². The van der Waals surface area contributed by atoms with Crippen molar-refractivity contribution in [1.82, 2.24) is 0 Å². The molecule has 0 aliphatic carbocycles. The second kappa shape index (κ2) is 16.0. The normalized spacial score (nSPS) is 5.71. The third-order valence-corrected chi connectivity index (χ3v) is 0. The molecule has 0 heterocycles. The van der Waals surface area contributed by atoms with Crippen LogP contribution in [0.3, 0.4) is 0 Å². The molecule has 0 saturated carbocycles. The fraction of sp³-hybridized carbons (Fsp3) is 1.00. The minimum atomic E-state index is -3.67. The molecule has 0 bridgehead atoms. The van der Waals surface area contributed by atoms with Crippen molar-refractivity contribution in [3.63, 3.8) is 0 Å². The summed E-state index contributed by atoms with van der Waals surface area (Å²) in [4.78, 5) is 0. The van der Waals surface area contributed by atoms with E-state index in [1.807, 2.05) is 0 Å². The molecule has 0 radical (unpaired) electrons. The monoisotopic (exact) mass is 143 g/mol. The van der Waals surface area contributed by atoms with Crippen molar-refractivity contribution in [3.8, 4) is 0 Å². The number of alkyl halides is 3. The quantitative estimate of drug-likeness (QED) is 0.492. The van der Waals surface area contributed by atoms with Gasteiger partial charge >= 0.3 is 29.7 Å². The fourth-order valence-electron chi connectivity index (χ4n) is 0. The lowest BCUT2D eigenvalue weighted by molar-refractivity contribution is 0.00819. The van der Waals surface area contributed by atoms with Crippen LogP contribution in [0.4, 0.5) is 13.2 Å². The molecule has 0 amide bonds. The zero-order valence-electron chi connectivity index (χ0n) is 2.62. The Hall–Kier alpha value is 0.576. The number of rotatable bonds is 0. The molecule has 6 heteroatoms. The van der Waals surface area contributed by atoms with Gasteiger partial charge in [0.25, 0.3) is 0 Å². The highest BCUT2D eigenvalue weighted by molar-refractivity contribution is 7.45. The summed E-state index contributed by atoms with van der Waals surface area (Å²) in [5.74, 6) is 0. The first kappa shape index (κ1) is 15.6. The second-order valence-corrected chi connectivity index (χ2v) is 0.247. The topological polar surface area (TPSA) is 23.9 Å². The van der Waals surface area contributed by atoms with Gasteiger partial charge in [-0.25, -0.2) is 4.78 Å². The van der Waals surface area contributed by atoms with Crippen LogP contribution >= 0.6 is 0 Å². The zero-order valence-corrected chi connectivity index (χ0v) is 3.44. The first-order valence-electron chi connectivity index (χ1n) is 0.859. The fourth-order valence-corrected chi connectivity index (χ4v) is 0. The van der Waals surface area contributed by atoms with Crippen molar-refractivity contribution < 1.29 is 13.2 Å². The van der Waals surface area contributed by atoms with E-state index in [1.54, 1.807) is 0 Å². The first-order chi connectivity index (χ1) is 2.73. The number of hydrogen-bond donors (Lipinski definition) is 1. The molecule has 0 atom stereocenters. The summed E-state index contributed by atoms with van der Waals surface area (Å²) in [5, 5.41) is 0. The molecule has 0 aromatic rings. The molecule has 42 valence electrons. The van der Waals surface area contributed by atoms with Gasteiger partial charge in [-0.15, -0.1) is 0 Å². The SMILES string of the molecule is FC(F)F.N=S.[MgH2]. The van der Waals surface area contributed by atoms with Crippen LogP contribution in [0.25, 0.3) is 0 Å². The van der Waals surface area contributed by atoms with Gasteiger partial charge in [-0.05, 0) is 0 Å². The highest BCUT2D eigenvalue weighted by Gasteiger charge is 1.86. The minimum Gasteiger partial charge on any atom is -0.235 e. The maximum Gasteiger partial charge on any atom is 0.379 e. The Morgan fingerprint density at radius 1 is 1.14 bits per heavy atom. The van der Waals surface area contributed by atoms with Gasteiger partial charge in [0, 0.05) is 12.4 Å². The highest BCUT2D eigenvalue weighted by atomic mass is 32.1. The summed E-state index contributed by atoms with van der Waals surface area (Å²) in [7, 11) is 0. The van der Waals surface area contributed by atoms with Crippen LogP contribution < -0.4 is 0 Å². The smallest absolute Gasteiger partial charge is 0.235 e. The van der Waals surface area contributed by atoms with E-state index < -0.39 is 6.68 Å². The van der Waals surface area contributed by atoms with E-state index >= 15 is 0 Å². The average molecular weight is 143 g/mol. The Kier molecular flexibility index (Phi) is 35.7. The number of nitrogens with one attached hydrogen (secondary N) is 1. The van der Waals surface area contributed by atoms with Gasteiger partial charge in [0.05, 0.1) is 0 Å². The Labute approximate surface area is 60.4 Å². The van der Waals surface area contributed by atoms with Crippen molar-refractivity contribution in [3.05, 3.63) is 0 Å². The summed E-state index contributed by atoms with van der Waals surface area (Å²) in [6, 6.07) is 0. The Bertz CT molecular complexity index is 26.1. The first-order valence-corrected chi connectivity index (χ1v) is 1.27. The molecule has 0 spiro atoms. The zero-order chi connectivity index (χ0) is 5.58. The maximum absolute atomic E-state index is 9.67. The van der Waals surface area contributed by atoms with E-state index in [0.29, 0.717) is 0 Å². The summed E-state index contributed by atoms with van der Waals surface area (Å²) >= 11 is 3.33. The molecule has 0 saturated heterocycles. The van der Waals surface area contributed by atoms with Crippen LogP contribution in [-0.4, -0.2) is 29.7 Å². The standard InChI is InChI=1S/CHF3.Mg.HNS.2H/c2-1(3)4;;1-2;;/h1H;;1H;;. The summed E-state index contributed by atoms with van der Waals surface area (Å²) in [5.41, 5.74) is 0. The predicted octanol–water partition coefficient (Wildman–Crippen LogP) is 0.558. The molecule has 0 fully saturated rings. The lowest BCUT2D eigenvalue weighted by atomic mass is 11.6. The van der Waals surface area contributed by atoms with Crippen molar-refractivity contribution in [2.45, 2.75) is 6.68 Å². The van der Waals surface area contributed by atoms with E-state index in [2.05, 4.69) is 12.4 Å². The Morgan fingerprint density at radius 3 is 1.14 bits per heavy atom. The maximum atomic E-state index is 9.67. The van der Waals surface area contributed by atoms with Crippen LogP contribution in [0.5, 0.6) is 0 Å². The molecule has 0 rings (SSSR count). The van der Waals surface area contributed by atoms with Crippen LogP contribution in [0, 0.1) is 4.78 Å². The van der Waals surface area contributed by atoms with Crippen LogP contribution in [0.1, 0.15) is 0 Å². The predicted molar refractivity (Wildman–Crippen MR) is 25.7 cm³/mol. The van der Waals surface area contributed by atoms with E-state index in [9.17, 15) is 13.2 Å². The second-order valence-electron chi connectivity index (χ2n) is 0.247. The third kappa shape index (κ3) is 415. The average Bonchev–Trinajstić information content (AvgIpc) is 1.41. The van der Waals surface area contributed by atoms with Gasteiger partial charge in [-0.1, -0.05) is 0 Å². The van der Waals surface area contributed by atoms with E-state index in [0.717, 1.165) is 0 Å². The molecule has 7 heavy (non-hydrogen) atoms. The molecular formula is CH4F3MgNS. The summed E-state index contributed by atoms with van der Waals surface area (Å²) in [6.45, 7) is -3.67. The van der Waals surface area contributed by atoms with Gasteiger partial charge in [0.2, 0.25) is 0 Å². The largest absolute Gasteiger partial charge is 0.379 e. The van der Waals surface area contributed by atoms with Gasteiger partial charge < -0.3 is 0 Å². The summed E-state index contributed by atoms with van der Waals surface area (Å²) in [6.07, 6.45) is 0. The molecule has 0 aromatic carbocycles. The minimum absolute atomic E-state index is 0. The van der Waals surface area contributed by atoms with Gasteiger partial charge in [0.15, 0.2) is 0 Å². The van der Waals surface area contributed by atoms with Crippen LogP contribution in [0.15, 0.2) is 0 Å². The molecule has 0 unspecified atom stereocenters. The molecule has 0 aliphatic heterocycles. The molecule has 0 aliphatic rings. The Balaban J connectivity index is -0.0000000480. The van der Waals surface area contributed by atoms with Crippen LogP contribution in [-0.2, 0) is 12.4 Å². The molecule has 1 nitrogen and oxygen atoms in total. The van der Waals surface area contributed by atoms with E-state index in [-0.39, 0.29) is 23.1 Å². The number of halogens is 3. The van der Waals surface area contributed by atoms with E-state index in [1.165, 1.54) is 0 Å². The molecule has 0 aromatic heterocycles. The lowest BCUT2D eigenvalue weighted by Crippen LogP contribution is -1.65. The summed E-state index contributed by atoms with van der Waals surface area (Å²) < 4.78 is 34.3. The lowest BCUT2D eigenvalue weighted by Gasteiger charge is -1.65. The van der Waals surface area contributed by atoms with Crippen molar-refractivity contribution in [1.29, 1.82) is 4.78 Å². The van der Waals surface area contributed by atoms with Crippen LogP contribution in [0.2, 0.25) is 0 Å². The van der Waals surface area contributed by atoms with Crippen molar-refractivity contribution >= 4 is 35.5 Å². The van der Waals surface area contributed by atoms with E-state index in [4.69, 9.17) is 4.78 Å². The van der Waals surface area contributed by atoms with Crippen molar-refractivity contribution in [2.75, 3.05) is 0 Å².